The number of hydrogen-bond donors (Lipinski definition) is 2. The van der Waals surface area contributed by atoms with Gasteiger partial charge in [-0.3, -0.25) is 0 Å². The molecule has 1 aromatic rings. The molecule has 1 saturated heterocycles. The fourth-order valence-corrected chi connectivity index (χ4v) is 2.56. The Labute approximate surface area is 150 Å². The third-order valence-corrected chi connectivity index (χ3v) is 3.68. The van der Waals surface area contributed by atoms with Crippen LogP contribution in [-0.2, 0) is 6.54 Å². The van der Waals surface area contributed by atoms with Crippen LogP contribution in [0.1, 0.15) is 31.7 Å². The van der Waals surface area contributed by atoms with Gasteiger partial charge in [-0.2, -0.15) is 0 Å². The standard InChI is InChI=1S/C17H26N4.HI/c1-14(2)12-19-17(18)20-13-15-8-4-5-9-16(15)21-10-6-3-7-11-21;/h4-5,8-9H,1,3,6-7,10-13H2,2H3,(H3,18,19,20);1H. The highest BCUT2D eigenvalue weighted by Gasteiger charge is 2.13. The predicted molar refractivity (Wildman–Crippen MR) is 106 cm³/mol. The van der Waals surface area contributed by atoms with Gasteiger partial charge < -0.3 is 16.0 Å². The van der Waals surface area contributed by atoms with Crippen molar-refractivity contribution in [3.05, 3.63) is 42.0 Å². The Morgan fingerprint density at radius 1 is 1.27 bits per heavy atom. The van der Waals surface area contributed by atoms with E-state index in [1.54, 1.807) is 0 Å². The predicted octanol–water partition coefficient (Wildman–Crippen LogP) is 3.28. The van der Waals surface area contributed by atoms with E-state index in [2.05, 4.69) is 46.1 Å². The Kier molecular flexibility index (Phi) is 8.30. The number of benzene rings is 1. The number of rotatable bonds is 5. The summed E-state index contributed by atoms with van der Waals surface area (Å²) in [5, 5.41) is 3.07. The molecule has 0 saturated carbocycles. The van der Waals surface area contributed by atoms with Crippen molar-refractivity contribution in [3.8, 4) is 0 Å². The summed E-state index contributed by atoms with van der Waals surface area (Å²) in [5.74, 6) is 0.478. The summed E-state index contributed by atoms with van der Waals surface area (Å²) in [6.45, 7) is 9.37. The molecule has 1 heterocycles. The Hall–Kier alpha value is -1.24. The summed E-state index contributed by atoms with van der Waals surface area (Å²) in [7, 11) is 0. The lowest BCUT2D eigenvalue weighted by atomic mass is 10.1. The molecule has 0 aromatic heterocycles. The van der Waals surface area contributed by atoms with Crippen LogP contribution in [0.2, 0.25) is 0 Å². The zero-order chi connectivity index (χ0) is 15.1. The van der Waals surface area contributed by atoms with Gasteiger partial charge in [-0.25, -0.2) is 4.99 Å². The van der Waals surface area contributed by atoms with Crippen LogP contribution in [0.25, 0.3) is 0 Å². The third kappa shape index (κ3) is 5.87. The minimum Gasteiger partial charge on any atom is -0.371 e. The molecule has 22 heavy (non-hydrogen) atoms. The molecule has 4 nitrogen and oxygen atoms in total. The maximum atomic E-state index is 5.88. The maximum Gasteiger partial charge on any atom is 0.189 e. The van der Waals surface area contributed by atoms with Crippen LogP contribution < -0.4 is 16.0 Å². The Morgan fingerprint density at radius 3 is 2.64 bits per heavy atom. The van der Waals surface area contributed by atoms with Gasteiger partial charge in [0, 0.05) is 25.3 Å². The highest BCUT2D eigenvalue weighted by atomic mass is 127. The molecule has 0 aliphatic carbocycles. The molecule has 5 heteroatoms. The molecule has 0 spiro atoms. The number of piperidine rings is 1. The van der Waals surface area contributed by atoms with Gasteiger partial charge in [-0.15, -0.1) is 24.0 Å². The van der Waals surface area contributed by atoms with E-state index < -0.39 is 0 Å². The van der Waals surface area contributed by atoms with Crippen molar-refractivity contribution in [2.24, 2.45) is 10.7 Å². The highest BCUT2D eigenvalue weighted by Crippen LogP contribution is 2.24. The first-order chi connectivity index (χ1) is 10.2. The SMILES string of the molecule is C=C(C)CNC(N)=NCc1ccccc1N1CCCCC1.I. The lowest BCUT2D eigenvalue weighted by molar-refractivity contribution is 0.576. The summed E-state index contributed by atoms with van der Waals surface area (Å²) < 4.78 is 0. The van der Waals surface area contributed by atoms with Gasteiger partial charge in [0.15, 0.2) is 5.96 Å². The Balaban J connectivity index is 0.00000242. The maximum absolute atomic E-state index is 5.88. The van der Waals surface area contributed by atoms with Crippen molar-refractivity contribution in [2.75, 3.05) is 24.5 Å². The molecule has 1 fully saturated rings. The first-order valence-electron chi connectivity index (χ1n) is 7.68. The number of guanidine groups is 1. The zero-order valence-corrected chi connectivity index (χ0v) is 15.7. The van der Waals surface area contributed by atoms with E-state index in [0.717, 1.165) is 18.7 Å². The molecule has 1 aliphatic heterocycles. The normalized spacial score (nSPS) is 15.1. The van der Waals surface area contributed by atoms with E-state index in [-0.39, 0.29) is 24.0 Å². The zero-order valence-electron chi connectivity index (χ0n) is 13.3. The molecule has 2 rings (SSSR count). The number of aliphatic imine (C=N–C) groups is 1. The van der Waals surface area contributed by atoms with E-state index >= 15 is 0 Å². The van der Waals surface area contributed by atoms with Crippen molar-refractivity contribution in [3.63, 3.8) is 0 Å². The second-order valence-corrected chi connectivity index (χ2v) is 5.69. The summed E-state index contributed by atoms with van der Waals surface area (Å²) in [4.78, 5) is 6.90. The summed E-state index contributed by atoms with van der Waals surface area (Å²) in [5.41, 5.74) is 9.46. The van der Waals surface area contributed by atoms with Crippen LogP contribution in [0.5, 0.6) is 0 Å². The van der Waals surface area contributed by atoms with Crippen LogP contribution in [0.15, 0.2) is 41.4 Å². The number of hydrogen-bond acceptors (Lipinski definition) is 2. The van der Waals surface area contributed by atoms with Crippen LogP contribution in [0.4, 0.5) is 5.69 Å². The number of nitrogens with one attached hydrogen (secondary N) is 1. The summed E-state index contributed by atoms with van der Waals surface area (Å²) in [6.07, 6.45) is 3.90. The molecule has 3 N–H and O–H groups in total. The van der Waals surface area contributed by atoms with E-state index in [1.165, 1.54) is 30.5 Å². The third-order valence-electron chi connectivity index (χ3n) is 3.68. The molecule has 0 bridgehead atoms. The van der Waals surface area contributed by atoms with Crippen LogP contribution in [-0.4, -0.2) is 25.6 Å². The fraction of sp³-hybridized carbons (Fsp3) is 0.471. The van der Waals surface area contributed by atoms with Gasteiger partial charge in [0.05, 0.1) is 6.54 Å². The summed E-state index contributed by atoms with van der Waals surface area (Å²) >= 11 is 0. The van der Waals surface area contributed by atoms with Gasteiger partial charge in [0.25, 0.3) is 0 Å². The monoisotopic (exact) mass is 414 g/mol. The molecular formula is C17H27IN4. The molecule has 122 valence electrons. The van der Waals surface area contributed by atoms with E-state index in [0.29, 0.717) is 19.0 Å². The first kappa shape index (κ1) is 18.8. The number of halogens is 1. The molecular weight excluding hydrogens is 387 g/mol. The summed E-state index contributed by atoms with van der Waals surface area (Å²) in [6, 6.07) is 8.49. The second-order valence-electron chi connectivity index (χ2n) is 5.69. The van der Waals surface area contributed by atoms with E-state index in [1.807, 2.05) is 6.92 Å². The fourth-order valence-electron chi connectivity index (χ4n) is 2.56. The first-order valence-corrected chi connectivity index (χ1v) is 7.68. The average Bonchev–Trinajstić information content (AvgIpc) is 2.52. The molecule has 1 aromatic carbocycles. The van der Waals surface area contributed by atoms with Crippen molar-refractivity contribution in [1.82, 2.24) is 5.32 Å². The van der Waals surface area contributed by atoms with Crippen molar-refractivity contribution >= 4 is 35.6 Å². The quantitative estimate of drug-likeness (QED) is 0.337. The van der Waals surface area contributed by atoms with E-state index in [4.69, 9.17) is 5.73 Å². The van der Waals surface area contributed by atoms with Crippen molar-refractivity contribution < 1.29 is 0 Å². The number of anilines is 1. The minimum absolute atomic E-state index is 0. The minimum atomic E-state index is 0. The Morgan fingerprint density at radius 2 is 1.95 bits per heavy atom. The highest BCUT2D eigenvalue weighted by molar-refractivity contribution is 14.0. The van der Waals surface area contributed by atoms with Gasteiger partial charge in [0.2, 0.25) is 0 Å². The van der Waals surface area contributed by atoms with Gasteiger partial charge in [0.1, 0.15) is 0 Å². The Bertz CT molecular complexity index is 507. The van der Waals surface area contributed by atoms with Crippen LogP contribution in [0, 0.1) is 0 Å². The number of para-hydroxylation sites is 1. The molecule has 0 amide bonds. The van der Waals surface area contributed by atoms with Gasteiger partial charge >= 0.3 is 0 Å². The van der Waals surface area contributed by atoms with Gasteiger partial charge in [-0.1, -0.05) is 30.4 Å². The van der Waals surface area contributed by atoms with Crippen LogP contribution in [0.3, 0.4) is 0 Å². The smallest absolute Gasteiger partial charge is 0.189 e. The topological polar surface area (TPSA) is 53.6 Å². The van der Waals surface area contributed by atoms with Gasteiger partial charge in [-0.05, 0) is 37.8 Å². The molecule has 1 aliphatic rings. The average molecular weight is 414 g/mol. The van der Waals surface area contributed by atoms with Crippen LogP contribution >= 0.6 is 24.0 Å². The lowest BCUT2D eigenvalue weighted by Gasteiger charge is -2.30. The largest absolute Gasteiger partial charge is 0.371 e. The van der Waals surface area contributed by atoms with Crippen molar-refractivity contribution in [2.45, 2.75) is 32.7 Å². The molecule has 0 radical (unpaired) electrons. The number of nitrogens with zero attached hydrogens (tertiary/aromatic N) is 2. The van der Waals surface area contributed by atoms with Crippen molar-refractivity contribution in [1.29, 1.82) is 0 Å². The second kappa shape index (κ2) is 9.71. The number of nitrogens with two attached hydrogens (primary N) is 1. The molecule has 0 unspecified atom stereocenters. The lowest BCUT2D eigenvalue weighted by Crippen LogP contribution is -2.33. The molecule has 0 atom stereocenters. The van der Waals surface area contributed by atoms with E-state index in [9.17, 15) is 0 Å².